The van der Waals surface area contributed by atoms with Crippen LogP contribution >= 0.6 is 0 Å². The van der Waals surface area contributed by atoms with E-state index in [0.29, 0.717) is 19.0 Å². The monoisotopic (exact) mass is 234 g/mol. The van der Waals surface area contributed by atoms with Crippen LogP contribution in [0.2, 0.25) is 0 Å². The predicted molar refractivity (Wildman–Crippen MR) is 61.8 cm³/mol. The Morgan fingerprint density at radius 1 is 1.35 bits per heavy atom. The van der Waals surface area contributed by atoms with Crippen LogP contribution in [0.15, 0.2) is 23.0 Å². The van der Waals surface area contributed by atoms with E-state index in [0.717, 1.165) is 17.1 Å². The van der Waals surface area contributed by atoms with Crippen molar-refractivity contribution in [3.05, 3.63) is 29.7 Å². The fourth-order valence-electron chi connectivity index (χ4n) is 1.31. The largest absolute Gasteiger partial charge is 0.478 e. The minimum absolute atomic E-state index is 0.561. The van der Waals surface area contributed by atoms with Crippen LogP contribution in [0.5, 0.6) is 5.88 Å². The molecule has 0 radical (unpaired) electrons. The Balaban J connectivity index is 1.93. The van der Waals surface area contributed by atoms with E-state index in [1.165, 1.54) is 0 Å². The van der Waals surface area contributed by atoms with Crippen molar-refractivity contribution in [3.8, 4) is 5.88 Å². The molecule has 2 aromatic rings. The van der Waals surface area contributed by atoms with Gasteiger partial charge in [0.15, 0.2) is 0 Å². The summed E-state index contributed by atoms with van der Waals surface area (Å²) in [6.45, 7) is 4.95. The first kappa shape index (κ1) is 11.4. The number of rotatable bonds is 5. The van der Waals surface area contributed by atoms with E-state index in [1.807, 2.05) is 26.0 Å². The molecule has 0 aliphatic rings. The second kappa shape index (κ2) is 5.29. The van der Waals surface area contributed by atoms with Crippen LogP contribution in [-0.4, -0.2) is 21.9 Å². The lowest BCUT2D eigenvalue weighted by atomic mass is 10.3. The molecule has 0 amide bonds. The van der Waals surface area contributed by atoms with Gasteiger partial charge in [0.2, 0.25) is 5.88 Å². The molecule has 2 heterocycles. The topological polar surface area (TPSA) is 73.1 Å². The van der Waals surface area contributed by atoms with E-state index in [4.69, 9.17) is 4.74 Å². The van der Waals surface area contributed by atoms with Gasteiger partial charge in [-0.2, -0.15) is 0 Å². The predicted octanol–water partition coefficient (Wildman–Crippen LogP) is 1.78. The van der Waals surface area contributed by atoms with Crippen LogP contribution < -0.4 is 10.1 Å². The van der Waals surface area contributed by atoms with Gasteiger partial charge in [-0.1, -0.05) is 10.3 Å². The summed E-state index contributed by atoms with van der Waals surface area (Å²) in [5.74, 6) is 0.623. The highest BCUT2D eigenvalue weighted by Crippen LogP contribution is 2.12. The smallest absolute Gasteiger partial charge is 0.213 e. The van der Waals surface area contributed by atoms with Crippen molar-refractivity contribution in [2.45, 2.75) is 20.4 Å². The maximum Gasteiger partial charge on any atom is 0.213 e. The molecule has 0 saturated heterocycles. The maximum absolute atomic E-state index is 5.25. The van der Waals surface area contributed by atoms with E-state index < -0.39 is 0 Å². The van der Waals surface area contributed by atoms with Crippen molar-refractivity contribution in [2.24, 2.45) is 0 Å². The molecule has 6 nitrogen and oxygen atoms in total. The van der Waals surface area contributed by atoms with Gasteiger partial charge in [0.25, 0.3) is 0 Å². The van der Waals surface area contributed by atoms with Gasteiger partial charge in [0.05, 0.1) is 25.0 Å². The van der Waals surface area contributed by atoms with Crippen molar-refractivity contribution >= 4 is 5.69 Å². The number of ether oxygens (including phenoxy) is 1. The molecule has 0 saturated carbocycles. The van der Waals surface area contributed by atoms with E-state index in [2.05, 4.69) is 25.2 Å². The summed E-state index contributed by atoms with van der Waals surface area (Å²) in [7, 11) is 0. The summed E-state index contributed by atoms with van der Waals surface area (Å²) in [5, 5.41) is 10.7. The second-order valence-corrected chi connectivity index (χ2v) is 3.47. The Kier molecular flexibility index (Phi) is 3.54. The average molecular weight is 234 g/mol. The zero-order valence-electron chi connectivity index (χ0n) is 9.80. The third kappa shape index (κ3) is 2.93. The lowest BCUT2D eigenvalue weighted by Crippen LogP contribution is -2.02. The summed E-state index contributed by atoms with van der Waals surface area (Å²) in [5.41, 5.74) is 2.48. The fourth-order valence-corrected chi connectivity index (χ4v) is 1.31. The normalized spacial score (nSPS) is 10.2. The SMILES string of the molecule is CCOc1ccc(NCc2nonc2C)cn1. The summed E-state index contributed by atoms with van der Waals surface area (Å²) in [4.78, 5) is 4.15. The Labute approximate surface area is 99.0 Å². The molecule has 0 aromatic carbocycles. The molecule has 2 rings (SSSR count). The third-order valence-corrected chi connectivity index (χ3v) is 2.23. The van der Waals surface area contributed by atoms with Gasteiger partial charge in [-0.15, -0.1) is 0 Å². The Morgan fingerprint density at radius 3 is 2.82 bits per heavy atom. The first-order chi connectivity index (χ1) is 8.29. The van der Waals surface area contributed by atoms with Crippen molar-refractivity contribution in [2.75, 3.05) is 11.9 Å². The molecule has 0 fully saturated rings. The van der Waals surface area contributed by atoms with Crippen molar-refractivity contribution < 1.29 is 9.37 Å². The minimum atomic E-state index is 0.561. The molecule has 0 atom stereocenters. The van der Waals surface area contributed by atoms with Gasteiger partial charge in [0, 0.05) is 6.07 Å². The minimum Gasteiger partial charge on any atom is -0.478 e. The van der Waals surface area contributed by atoms with E-state index in [9.17, 15) is 0 Å². The van der Waals surface area contributed by atoms with Crippen LogP contribution in [0.3, 0.4) is 0 Å². The van der Waals surface area contributed by atoms with Crippen molar-refractivity contribution in [1.82, 2.24) is 15.3 Å². The standard InChI is InChI=1S/C11H14N4O2/c1-3-16-11-5-4-9(6-13-11)12-7-10-8(2)14-17-15-10/h4-6,12H,3,7H2,1-2H3. The molecule has 0 spiro atoms. The summed E-state index contributed by atoms with van der Waals surface area (Å²) in [6, 6.07) is 3.72. The van der Waals surface area contributed by atoms with Crippen molar-refractivity contribution in [1.29, 1.82) is 0 Å². The van der Waals surface area contributed by atoms with Gasteiger partial charge in [0.1, 0.15) is 11.4 Å². The molecule has 0 aliphatic heterocycles. The molecule has 90 valence electrons. The van der Waals surface area contributed by atoms with E-state index >= 15 is 0 Å². The Bertz CT molecular complexity index is 467. The lowest BCUT2D eigenvalue weighted by molar-refractivity contribution is 0.301. The maximum atomic E-state index is 5.25. The molecule has 17 heavy (non-hydrogen) atoms. The number of aromatic nitrogens is 3. The number of aryl methyl sites for hydroxylation is 1. The summed E-state index contributed by atoms with van der Waals surface area (Å²) >= 11 is 0. The van der Waals surface area contributed by atoms with Gasteiger partial charge >= 0.3 is 0 Å². The lowest BCUT2D eigenvalue weighted by Gasteiger charge is -2.05. The van der Waals surface area contributed by atoms with Gasteiger partial charge < -0.3 is 10.1 Å². The van der Waals surface area contributed by atoms with Gasteiger partial charge in [-0.05, 0) is 19.9 Å². The van der Waals surface area contributed by atoms with Crippen molar-refractivity contribution in [3.63, 3.8) is 0 Å². The first-order valence-electron chi connectivity index (χ1n) is 5.40. The highest BCUT2D eigenvalue weighted by Gasteiger charge is 2.04. The van der Waals surface area contributed by atoms with Crippen LogP contribution in [0.1, 0.15) is 18.3 Å². The fraction of sp³-hybridized carbons (Fsp3) is 0.364. The zero-order valence-corrected chi connectivity index (χ0v) is 9.80. The molecular weight excluding hydrogens is 220 g/mol. The quantitative estimate of drug-likeness (QED) is 0.850. The first-order valence-corrected chi connectivity index (χ1v) is 5.40. The zero-order chi connectivity index (χ0) is 12.1. The molecule has 0 unspecified atom stereocenters. The number of hydrogen-bond acceptors (Lipinski definition) is 6. The molecular formula is C11H14N4O2. The van der Waals surface area contributed by atoms with Crippen LogP contribution in [0.4, 0.5) is 5.69 Å². The molecule has 0 aliphatic carbocycles. The average Bonchev–Trinajstić information content (AvgIpc) is 2.75. The highest BCUT2D eigenvalue weighted by atomic mass is 16.6. The molecule has 6 heteroatoms. The van der Waals surface area contributed by atoms with Gasteiger partial charge in [-0.3, -0.25) is 0 Å². The number of anilines is 1. The molecule has 0 bridgehead atoms. The van der Waals surface area contributed by atoms with E-state index in [-0.39, 0.29) is 0 Å². The highest BCUT2D eigenvalue weighted by molar-refractivity contribution is 5.42. The van der Waals surface area contributed by atoms with E-state index in [1.54, 1.807) is 6.20 Å². The number of pyridine rings is 1. The van der Waals surface area contributed by atoms with Crippen LogP contribution in [0.25, 0.3) is 0 Å². The molecule has 2 aromatic heterocycles. The second-order valence-electron chi connectivity index (χ2n) is 3.47. The Hall–Kier alpha value is -2.11. The third-order valence-electron chi connectivity index (χ3n) is 2.23. The summed E-state index contributed by atoms with van der Waals surface area (Å²) in [6.07, 6.45) is 1.72. The van der Waals surface area contributed by atoms with Crippen LogP contribution in [0, 0.1) is 6.92 Å². The number of hydrogen-bond donors (Lipinski definition) is 1. The number of nitrogens with one attached hydrogen (secondary N) is 1. The molecule has 1 N–H and O–H groups in total. The number of nitrogens with zero attached hydrogens (tertiary/aromatic N) is 3. The van der Waals surface area contributed by atoms with Crippen LogP contribution in [-0.2, 0) is 6.54 Å². The Morgan fingerprint density at radius 2 is 2.24 bits per heavy atom. The van der Waals surface area contributed by atoms with Gasteiger partial charge in [-0.25, -0.2) is 9.61 Å². The summed E-state index contributed by atoms with van der Waals surface area (Å²) < 4.78 is 9.86.